The molecule has 0 spiro atoms. The van der Waals surface area contributed by atoms with Gasteiger partial charge in [-0.25, -0.2) is 0 Å². The zero-order chi connectivity index (χ0) is 12.8. The van der Waals surface area contributed by atoms with Crippen LogP contribution in [0.1, 0.15) is 37.8 Å². The molecular weight excluding hydrogens is 262 g/mol. The summed E-state index contributed by atoms with van der Waals surface area (Å²) in [4.78, 5) is 0. The molecule has 1 aromatic rings. The maximum atomic E-state index is 6.10. The highest BCUT2D eigenvalue weighted by Gasteiger charge is 2.45. The second kappa shape index (κ2) is 5.31. The molecule has 0 aromatic heterocycles. The van der Waals surface area contributed by atoms with Crippen LogP contribution in [-0.2, 0) is 11.3 Å². The van der Waals surface area contributed by atoms with Gasteiger partial charge in [-0.05, 0) is 32.4 Å². The van der Waals surface area contributed by atoms with Crippen molar-refractivity contribution in [3.63, 3.8) is 0 Å². The maximum absolute atomic E-state index is 6.10. The summed E-state index contributed by atoms with van der Waals surface area (Å²) in [5.74, 6) is 1.42. The lowest BCUT2D eigenvalue weighted by molar-refractivity contribution is -0.0529. The van der Waals surface area contributed by atoms with Crippen molar-refractivity contribution in [3.05, 3.63) is 29.3 Å². The molecule has 2 aliphatic rings. The highest BCUT2D eigenvalue weighted by Crippen LogP contribution is 2.43. The first-order chi connectivity index (χ1) is 8.60. The summed E-state index contributed by atoms with van der Waals surface area (Å²) in [7, 11) is 0. The Bertz CT molecular complexity index is 463. The predicted molar refractivity (Wildman–Crippen MR) is 78.3 cm³/mol. The molecule has 2 heterocycles. The molecule has 2 atom stereocenters. The van der Waals surface area contributed by atoms with Crippen LogP contribution in [0.3, 0.4) is 0 Å². The number of fused-ring (bicyclic) bond motifs is 3. The number of ether oxygens (including phenoxy) is 2. The monoisotopic (exact) mass is 283 g/mol. The van der Waals surface area contributed by atoms with Crippen molar-refractivity contribution >= 4 is 12.4 Å². The molecule has 4 heteroatoms. The SMILES string of the molecule is CC(C)Oc1cccc2c1COC1(C)CNCC21.Cl. The Balaban J connectivity index is 0.00000133. The van der Waals surface area contributed by atoms with E-state index in [1.54, 1.807) is 0 Å². The van der Waals surface area contributed by atoms with Crippen LogP contribution >= 0.6 is 12.4 Å². The third-order valence-corrected chi connectivity index (χ3v) is 4.02. The first-order valence-corrected chi connectivity index (χ1v) is 6.73. The molecule has 1 aromatic carbocycles. The molecule has 3 rings (SSSR count). The number of nitrogens with one attached hydrogen (secondary N) is 1. The van der Waals surface area contributed by atoms with Crippen molar-refractivity contribution in [1.82, 2.24) is 5.32 Å². The average Bonchev–Trinajstić information content (AvgIpc) is 2.70. The molecule has 0 radical (unpaired) electrons. The van der Waals surface area contributed by atoms with E-state index in [4.69, 9.17) is 9.47 Å². The van der Waals surface area contributed by atoms with Crippen LogP contribution in [-0.4, -0.2) is 24.8 Å². The average molecular weight is 284 g/mol. The van der Waals surface area contributed by atoms with Gasteiger partial charge in [-0.1, -0.05) is 12.1 Å². The van der Waals surface area contributed by atoms with Gasteiger partial charge in [0, 0.05) is 24.6 Å². The molecule has 0 amide bonds. The van der Waals surface area contributed by atoms with Gasteiger partial charge >= 0.3 is 0 Å². The van der Waals surface area contributed by atoms with E-state index in [1.165, 1.54) is 11.1 Å². The molecule has 2 aliphatic heterocycles. The topological polar surface area (TPSA) is 30.5 Å². The minimum absolute atomic E-state index is 0. The summed E-state index contributed by atoms with van der Waals surface area (Å²) < 4.78 is 12.0. The first kappa shape index (κ1) is 14.6. The number of hydrogen-bond acceptors (Lipinski definition) is 3. The van der Waals surface area contributed by atoms with Crippen molar-refractivity contribution in [1.29, 1.82) is 0 Å². The van der Waals surface area contributed by atoms with Crippen molar-refractivity contribution in [3.8, 4) is 5.75 Å². The van der Waals surface area contributed by atoms with E-state index in [1.807, 2.05) is 6.07 Å². The number of hydrogen-bond donors (Lipinski definition) is 1. The van der Waals surface area contributed by atoms with Crippen LogP contribution in [0.4, 0.5) is 0 Å². The van der Waals surface area contributed by atoms with Crippen LogP contribution in [0.5, 0.6) is 5.75 Å². The minimum atomic E-state index is -0.0521. The van der Waals surface area contributed by atoms with Gasteiger partial charge < -0.3 is 14.8 Å². The smallest absolute Gasteiger partial charge is 0.125 e. The van der Waals surface area contributed by atoms with Gasteiger partial charge in [-0.2, -0.15) is 0 Å². The van der Waals surface area contributed by atoms with E-state index in [9.17, 15) is 0 Å². The molecule has 2 unspecified atom stereocenters. The summed E-state index contributed by atoms with van der Waals surface area (Å²) in [5.41, 5.74) is 2.58. The van der Waals surface area contributed by atoms with E-state index in [0.717, 1.165) is 18.8 Å². The normalized spacial score (nSPS) is 28.5. The molecule has 1 saturated heterocycles. The highest BCUT2D eigenvalue weighted by molar-refractivity contribution is 5.85. The second-order valence-electron chi connectivity index (χ2n) is 5.78. The van der Waals surface area contributed by atoms with E-state index in [2.05, 4.69) is 38.2 Å². The van der Waals surface area contributed by atoms with E-state index >= 15 is 0 Å². The van der Waals surface area contributed by atoms with Gasteiger partial charge in [0.1, 0.15) is 5.75 Å². The van der Waals surface area contributed by atoms with Gasteiger partial charge in [0.25, 0.3) is 0 Å². The fourth-order valence-electron chi connectivity index (χ4n) is 3.06. The van der Waals surface area contributed by atoms with Crippen LogP contribution in [0.15, 0.2) is 18.2 Å². The number of benzene rings is 1. The van der Waals surface area contributed by atoms with E-state index < -0.39 is 0 Å². The third kappa shape index (κ3) is 2.47. The van der Waals surface area contributed by atoms with Crippen molar-refractivity contribution < 1.29 is 9.47 Å². The summed E-state index contributed by atoms with van der Waals surface area (Å²) in [6.45, 7) is 8.92. The largest absolute Gasteiger partial charge is 0.491 e. The Morgan fingerprint density at radius 1 is 1.42 bits per heavy atom. The molecular formula is C15H22ClNO2. The lowest BCUT2D eigenvalue weighted by Gasteiger charge is -2.37. The summed E-state index contributed by atoms with van der Waals surface area (Å²) in [6, 6.07) is 6.37. The number of rotatable bonds is 2. The van der Waals surface area contributed by atoms with Gasteiger partial charge in [0.2, 0.25) is 0 Å². The second-order valence-corrected chi connectivity index (χ2v) is 5.78. The Hall–Kier alpha value is -0.770. The fourth-order valence-corrected chi connectivity index (χ4v) is 3.06. The molecule has 19 heavy (non-hydrogen) atoms. The van der Waals surface area contributed by atoms with E-state index in [0.29, 0.717) is 12.5 Å². The third-order valence-electron chi connectivity index (χ3n) is 4.02. The first-order valence-electron chi connectivity index (χ1n) is 6.73. The number of halogens is 1. The van der Waals surface area contributed by atoms with Crippen LogP contribution in [0, 0.1) is 0 Å². The molecule has 0 saturated carbocycles. The zero-order valence-electron chi connectivity index (χ0n) is 11.7. The Labute approximate surface area is 121 Å². The maximum Gasteiger partial charge on any atom is 0.125 e. The molecule has 0 bridgehead atoms. The molecule has 1 N–H and O–H groups in total. The molecule has 1 fully saturated rings. The van der Waals surface area contributed by atoms with Gasteiger partial charge in [0.05, 0.1) is 18.3 Å². The van der Waals surface area contributed by atoms with E-state index in [-0.39, 0.29) is 24.1 Å². The van der Waals surface area contributed by atoms with Gasteiger partial charge in [-0.15, -0.1) is 12.4 Å². The van der Waals surface area contributed by atoms with Crippen LogP contribution in [0.25, 0.3) is 0 Å². The predicted octanol–water partition coefficient (Wildman–Crippen LogP) is 2.87. The Morgan fingerprint density at radius 3 is 2.95 bits per heavy atom. The van der Waals surface area contributed by atoms with Crippen molar-refractivity contribution in [2.75, 3.05) is 13.1 Å². The highest BCUT2D eigenvalue weighted by atomic mass is 35.5. The quantitative estimate of drug-likeness (QED) is 0.905. The minimum Gasteiger partial charge on any atom is -0.491 e. The molecule has 0 aliphatic carbocycles. The zero-order valence-corrected chi connectivity index (χ0v) is 12.5. The lowest BCUT2D eigenvalue weighted by Crippen LogP contribution is -2.39. The lowest BCUT2D eigenvalue weighted by atomic mass is 9.81. The van der Waals surface area contributed by atoms with Crippen LogP contribution < -0.4 is 10.1 Å². The Kier molecular flexibility index (Phi) is 4.09. The summed E-state index contributed by atoms with van der Waals surface area (Å²) in [6.07, 6.45) is 0.200. The Morgan fingerprint density at radius 2 is 2.21 bits per heavy atom. The van der Waals surface area contributed by atoms with Gasteiger partial charge in [0.15, 0.2) is 0 Å². The fraction of sp³-hybridized carbons (Fsp3) is 0.600. The summed E-state index contributed by atoms with van der Waals surface area (Å²) >= 11 is 0. The van der Waals surface area contributed by atoms with Gasteiger partial charge in [-0.3, -0.25) is 0 Å². The molecule has 106 valence electrons. The summed E-state index contributed by atoms with van der Waals surface area (Å²) in [5, 5.41) is 3.44. The molecule has 3 nitrogen and oxygen atoms in total. The standard InChI is InChI=1S/C15H21NO2.ClH/c1-10(2)18-14-6-4-5-11-12(14)8-17-15(3)9-16-7-13(11)15;/h4-6,10,13,16H,7-9H2,1-3H3;1H. The van der Waals surface area contributed by atoms with Crippen LogP contribution in [0.2, 0.25) is 0 Å². The van der Waals surface area contributed by atoms with Crippen molar-refractivity contribution in [2.45, 2.75) is 45.0 Å². The van der Waals surface area contributed by atoms with Crippen molar-refractivity contribution in [2.24, 2.45) is 0 Å².